The van der Waals surface area contributed by atoms with E-state index in [1.165, 1.54) is 6.08 Å². The first-order valence-electron chi connectivity index (χ1n) is 7.90. The molecule has 134 valence electrons. The van der Waals surface area contributed by atoms with Gasteiger partial charge >= 0.3 is 12.1 Å². The number of aliphatic carboxylic acids is 1. The second-order valence-corrected chi connectivity index (χ2v) is 5.49. The number of hydrogen-bond acceptors (Lipinski definition) is 5. The van der Waals surface area contributed by atoms with Crippen LogP contribution in [0.2, 0.25) is 0 Å². The molecular weight excluding hydrogens is 338 g/mol. The Morgan fingerprint density at radius 2 is 1.92 bits per heavy atom. The number of nitrogens with one attached hydrogen (secondary N) is 1. The molecule has 7 heteroatoms. The average Bonchev–Trinajstić information content (AvgIpc) is 3.12. The number of rotatable bonds is 6. The third kappa shape index (κ3) is 4.54. The molecule has 0 saturated carbocycles. The maximum Gasteiger partial charge on any atom is 0.408 e. The summed E-state index contributed by atoms with van der Waals surface area (Å²) < 4.78 is 15.5. The minimum Gasteiger partial charge on any atom is -0.479 e. The second-order valence-electron chi connectivity index (χ2n) is 5.49. The second kappa shape index (κ2) is 8.06. The molecule has 0 fully saturated rings. The molecule has 0 saturated heterocycles. The van der Waals surface area contributed by atoms with Gasteiger partial charge in [0.15, 0.2) is 11.5 Å². The van der Waals surface area contributed by atoms with Crippen LogP contribution in [0.15, 0.2) is 54.6 Å². The van der Waals surface area contributed by atoms with E-state index in [4.69, 9.17) is 14.2 Å². The summed E-state index contributed by atoms with van der Waals surface area (Å²) in [4.78, 5) is 23.2. The van der Waals surface area contributed by atoms with Gasteiger partial charge in [0, 0.05) is 0 Å². The van der Waals surface area contributed by atoms with Crippen LogP contribution in [-0.4, -0.2) is 30.0 Å². The van der Waals surface area contributed by atoms with Crippen LogP contribution < -0.4 is 14.8 Å². The predicted molar refractivity (Wildman–Crippen MR) is 92.8 cm³/mol. The highest BCUT2D eigenvalue weighted by molar-refractivity contribution is 5.83. The summed E-state index contributed by atoms with van der Waals surface area (Å²) in [7, 11) is 0. The number of ether oxygens (including phenoxy) is 3. The molecule has 1 aliphatic heterocycles. The van der Waals surface area contributed by atoms with E-state index in [-0.39, 0.29) is 13.4 Å². The summed E-state index contributed by atoms with van der Waals surface area (Å²) >= 11 is 0. The molecule has 0 aliphatic carbocycles. The number of carbonyl (C=O) groups is 2. The average molecular weight is 355 g/mol. The van der Waals surface area contributed by atoms with Crippen LogP contribution >= 0.6 is 0 Å². The summed E-state index contributed by atoms with van der Waals surface area (Å²) in [5.74, 6) is 0.0347. The Bertz CT molecular complexity index is 818. The number of carboxylic acids is 1. The van der Waals surface area contributed by atoms with Gasteiger partial charge in [-0.2, -0.15) is 0 Å². The van der Waals surface area contributed by atoms with Gasteiger partial charge in [0.2, 0.25) is 6.79 Å². The normalized spacial score (nSPS) is 13.4. The maximum absolute atomic E-state index is 11.8. The van der Waals surface area contributed by atoms with Crippen molar-refractivity contribution >= 4 is 18.1 Å². The van der Waals surface area contributed by atoms with E-state index in [1.54, 1.807) is 24.3 Å². The fourth-order valence-electron chi connectivity index (χ4n) is 2.31. The minimum absolute atomic E-state index is 0.0604. The molecule has 0 bridgehead atoms. The summed E-state index contributed by atoms with van der Waals surface area (Å²) in [6.07, 6.45) is 2.14. The van der Waals surface area contributed by atoms with Gasteiger partial charge < -0.3 is 24.6 Å². The summed E-state index contributed by atoms with van der Waals surface area (Å²) in [6.45, 7) is 0.222. The van der Waals surface area contributed by atoms with E-state index in [2.05, 4.69) is 5.32 Å². The molecule has 0 spiro atoms. The fraction of sp³-hybridized carbons (Fsp3) is 0.158. The molecule has 1 heterocycles. The van der Waals surface area contributed by atoms with Gasteiger partial charge in [0.1, 0.15) is 12.6 Å². The van der Waals surface area contributed by atoms with Crippen LogP contribution in [0.3, 0.4) is 0 Å². The molecule has 3 rings (SSSR count). The van der Waals surface area contributed by atoms with Crippen molar-refractivity contribution in [1.82, 2.24) is 5.32 Å². The topological polar surface area (TPSA) is 94.1 Å². The van der Waals surface area contributed by atoms with E-state index < -0.39 is 18.1 Å². The highest BCUT2D eigenvalue weighted by Gasteiger charge is 2.18. The molecule has 7 nitrogen and oxygen atoms in total. The van der Waals surface area contributed by atoms with E-state index in [1.807, 2.05) is 30.3 Å². The van der Waals surface area contributed by atoms with Crippen molar-refractivity contribution in [3.63, 3.8) is 0 Å². The third-order valence-electron chi connectivity index (χ3n) is 3.63. The third-order valence-corrected chi connectivity index (χ3v) is 3.63. The van der Waals surface area contributed by atoms with E-state index in [0.29, 0.717) is 11.5 Å². The maximum atomic E-state index is 11.8. The zero-order valence-corrected chi connectivity index (χ0v) is 13.8. The molecule has 0 aromatic heterocycles. The molecule has 0 radical (unpaired) electrons. The highest BCUT2D eigenvalue weighted by atomic mass is 16.7. The van der Waals surface area contributed by atoms with Gasteiger partial charge in [0.05, 0.1) is 0 Å². The van der Waals surface area contributed by atoms with Crippen LogP contribution in [0.1, 0.15) is 11.1 Å². The Morgan fingerprint density at radius 1 is 1.15 bits per heavy atom. The van der Waals surface area contributed by atoms with Crippen LogP contribution in [0, 0.1) is 0 Å². The van der Waals surface area contributed by atoms with Crippen molar-refractivity contribution < 1.29 is 28.9 Å². The first kappa shape index (κ1) is 17.3. The molecule has 1 amide bonds. The number of carboxylic acid groups (broad SMARTS) is 1. The minimum atomic E-state index is -1.22. The van der Waals surface area contributed by atoms with Crippen molar-refractivity contribution in [2.75, 3.05) is 6.79 Å². The van der Waals surface area contributed by atoms with E-state index in [9.17, 15) is 14.7 Å². The van der Waals surface area contributed by atoms with Gasteiger partial charge in [-0.1, -0.05) is 48.6 Å². The summed E-state index contributed by atoms with van der Waals surface area (Å²) in [6, 6.07) is 13.1. The molecule has 2 aromatic rings. The van der Waals surface area contributed by atoms with Crippen LogP contribution in [0.25, 0.3) is 6.08 Å². The van der Waals surface area contributed by atoms with Crippen LogP contribution in [-0.2, 0) is 16.1 Å². The first-order chi connectivity index (χ1) is 12.6. The Morgan fingerprint density at radius 3 is 2.69 bits per heavy atom. The Hall–Kier alpha value is -3.48. The number of amides is 1. The first-order valence-corrected chi connectivity index (χ1v) is 7.90. The lowest BCUT2D eigenvalue weighted by Gasteiger charge is -2.11. The lowest BCUT2D eigenvalue weighted by atomic mass is 10.1. The standard InChI is InChI=1S/C19H17NO6/c21-18(22)15(20-19(23)24-11-14-4-2-1-3-5-14)8-6-13-7-9-16-17(10-13)26-12-25-16/h1-10,15H,11-12H2,(H,20,23)(H,21,22)/b8-6+/t15-/m0/s1. The zero-order chi connectivity index (χ0) is 18.4. The number of carbonyl (C=O) groups excluding carboxylic acids is 1. The van der Waals surface area contributed by atoms with Crippen molar-refractivity contribution in [1.29, 1.82) is 0 Å². The van der Waals surface area contributed by atoms with Crippen molar-refractivity contribution in [3.05, 3.63) is 65.7 Å². The van der Waals surface area contributed by atoms with Crippen molar-refractivity contribution in [2.24, 2.45) is 0 Å². The van der Waals surface area contributed by atoms with E-state index >= 15 is 0 Å². The number of fused-ring (bicyclic) bond motifs is 1. The number of hydrogen-bond donors (Lipinski definition) is 2. The Kier molecular flexibility index (Phi) is 5.38. The van der Waals surface area contributed by atoms with Gasteiger partial charge in [0.25, 0.3) is 0 Å². The monoisotopic (exact) mass is 355 g/mol. The quantitative estimate of drug-likeness (QED) is 0.827. The lowest BCUT2D eigenvalue weighted by Crippen LogP contribution is -2.39. The summed E-state index contributed by atoms with van der Waals surface area (Å²) in [5, 5.41) is 11.6. The van der Waals surface area contributed by atoms with Crippen LogP contribution in [0.4, 0.5) is 4.79 Å². The van der Waals surface area contributed by atoms with E-state index in [0.717, 1.165) is 11.1 Å². The Balaban J connectivity index is 1.58. The predicted octanol–water partition coefficient (Wildman–Crippen LogP) is 2.81. The molecule has 0 unspecified atom stereocenters. The summed E-state index contributed by atoms with van der Waals surface area (Å²) in [5.41, 5.74) is 1.53. The van der Waals surface area contributed by atoms with Gasteiger partial charge in [-0.05, 0) is 23.3 Å². The van der Waals surface area contributed by atoms with Gasteiger partial charge in [-0.25, -0.2) is 9.59 Å². The Labute approximate surface area is 149 Å². The van der Waals surface area contributed by atoms with Gasteiger partial charge in [-0.3, -0.25) is 0 Å². The molecule has 2 aromatic carbocycles. The molecule has 26 heavy (non-hydrogen) atoms. The van der Waals surface area contributed by atoms with Gasteiger partial charge in [-0.15, -0.1) is 0 Å². The highest BCUT2D eigenvalue weighted by Crippen LogP contribution is 2.32. The smallest absolute Gasteiger partial charge is 0.408 e. The lowest BCUT2D eigenvalue weighted by molar-refractivity contribution is -0.138. The largest absolute Gasteiger partial charge is 0.479 e. The molecule has 1 atom stereocenters. The fourth-order valence-corrected chi connectivity index (χ4v) is 2.31. The molecular formula is C19H17NO6. The number of benzene rings is 2. The zero-order valence-electron chi connectivity index (χ0n) is 13.8. The molecule has 1 aliphatic rings. The SMILES string of the molecule is O=C(N[C@@H](/C=C/c1ccc2c(c1)OCO2)C(=O)O)OCc1ccccc1. The number of alkyl carbamates (subject to hydrolysis) is 1. The van der Waals surface area contributed by atoms with Crippen molar-refractivity contribution in [2.45, 2.75) is 12.6 Å². The molecule has 2 N–H and O–H groups in total. The van der Waals surface area contributed by atoms with Crippen LogP contribution in [0.5, 0.6) is 11.5 Å². The van der Waals surface area contributed by atoms with Crippen molar-refractivity contribution in [3.8, 4) is 11.5 Å².